The zero-order valence-electron chi connectivity index (χ0n) is 21.2. The van der Waals surface area contributed by atoms with Gasteiger partial charge in [0.1, 0.15) is 5.82 Å². The molecule has 5 nitrogen and oxygen atoms in total. The van der Waals surface area contributed by atoms with Gasteiger partial charge in [0.15, 0.2) is 0 Å². The number of benzene rings is 5. The Morgan fingerprint density at radius 1 is 0.800 bits per heavy atom. The van der Waals surface area contributed by atoms with Crippen molar-refractivity contribution in [1.29, 1.82) is 0 Å². The molecule has 0 unspecified atom stereocenters. The standard InChI is InChI=1S/C33H23FN2O3S/c34-27-13-11-23(12-14-27)26-17-28(32(37)35-19-20-5-9-24(10-6-20)33(38)39)31-29(36-40-30(31)18-26)16-21-7-8-22-3-1-2-4-25(22)15-21/h1-15,17-18H,16,19H2,(H,35,37)(H,38,39). The fourth-order valence-corrected chi connectivity index (χ4v) is 5.69. The highest BCUT2D eigenvalue weighted by Gasteiger charge is 2.19. The summed E-state index contributed by atoms with van der Waals surface area (Å²) in [6, 6.07) is 30.9. The fourth-order valence-electron chi connectivity index (χ4n) is 4.83. The summed E-state index contributed by atoms with van der Waals surface area (Å²) >= 11 is 1.34. The molecule has 40 heavy (non-hydrogen) atoms. The van der Waals surface area contributed by atoms with E-state index in [2.05, 4.69) is 35.6 Å². The number of nitrogens with one attached hydrogen (secondary N) is 1. The van der Waals surface area contributed by atoms with Crippen molar-refractivity contribution < 1.29 is 19.1 Å². The summed E-state index contributed by atoms with van der Waals surface area (Å²) in [5.74, 6) is -1.59. The van der Waals surface area contributed by atoms with Gasteiger partial charge in [0, 0.05) is 18.4 Å². The van der Waals surface area contributed by atoms with E-state index in [1.165, 1.54) is 35.8 Å². The molecule has 0 atom stereocenters. The van der Waals surface area contributed by atoms with Crippen LogP contribution in [0.25, 0.3) is 32.0 Å². The van der Waals surface area contributed by atoms with Gasteiger partial charge < -0.3 is 10.4 Å². The first-order valence-corrected chi connectivity index (χ1v) is 13.5. The van der Waals surface area contributed by atoms with E-state index in [-0.39, 0.29) is 23.8 Å². The molecule has 0 radical (unpaired) electrons. The van der Waals surface area contributed by atoms with E-state index >= 15 is 0 Å². The van der Waals surface area contributed by atoms with E-state index in [0.717, 1.165) is 48.8 Å². The SMILES string of the molecule is O=C(O)c1ccc(CNC(=O)c2cc(-c3ccc(F)cc3)cc3snc(Cc4ccc5ccccc5c4)c23)cc1. The minimum absolute atomic E-state index is 0.187. The third-order valence-corrected chi connectivity index (χ3v) is 7.74. The number of halogens is 1. The maximum Gasteiger partial charge on any atom is 0.335 e. The molecule has 1 amide bonds. The van der Waals surface area contributed by atoms with Crippen LogP contribution in [0.15, 0.2) is 103 Å². The van der Waals surface area contributed by atoms with Crippen molar-refractivity contribution in [3.05, 3.63) is 137 Å². The zero-order valence-corrected chi connectivity index (χ0v) is 22.0. The first kappa shape index (κ1) is 25.4. The number of carboxylic acids is 1. The summed E-state index contributed by atoms with van der Waals surface area (Å²) < 4.78 is 19.2. The van der Waals surface area contributed by atoms with Crippen molar-refractivity contribution in [2.45, 2.75) is 13.0 Å². The van der Waals surface area contributed by atoms with Crippen molar-refractivity contribution in [3.63, 3.8) is 0 Å². The van der Waals surface area contributed by atoms with Crippen LogP contribution in [0.4, 0.5) is 4.39 Å². The molecule has 0 aliphatic rings. The predicted molar refractivity (Wildman–Crippen MR) is 156 cm³/mol. The molecule has 5 aromatic carbocycles. The molecule has 0 aliphatic carbocycles. The van der Waals surface area contributed by atoms with Crippen LogP contribution in [-0.4, -0.2) is 21.4 Å². The minimum atomic E-state index is -1.00. The van der Waals surface area contributed by atoms with E-state index in [1.807, 2.05) is 24.3 Å². The number of rotatable bonds is 7. The number of hydrogen-bond donors (Lipinski definition) is 2. The monoisotopic (exact) mass is 546 g/mol. The van der Waals surface area contributed by atoms with Crippen molar-refractivity contribution in [2.75, 3.05) is 0 Å². The Hall–Kier alpha value is -4.88. The van der Waals surface area contributed by atoms with Gasteiger partial charge in [-0.15, -0.1) is 0 Å². The number of aromatic carboxylic acids is 1. The molecule has 0 saturated heterocycles. The molecule has 196 valence electrons. The number of carboxylic acid groups (broad SMARTS) is 1. The second kappa shape index (κ2) is 10.7. The molecule has 0 fully saturated rings. The van der Waals surface area contributed by atoms with Gasteiger partial charge in [-0.25, -0.2) is 9.18 Å². The van der Waals surface area contributed by atoms with Crippen LogP contribution in [0.3, 0.4) is 0 Å². The molecule has 6 aromatic rings. The maximum absolute atomic E-state index is 13.6. The number of aromatic nitrogens is 1. The molecule has 6 rings (SSSR count). The first-order chi connectivity index (χ1) is 19.4. The quantitative estimate of drug-likeness (QED) is 0.218. The molecule has 0 aliphatic heterocycles. The van der Waals surface area contributed by atoms with Gasteiger partial charge in [-0.3, -0.25) is 4.79 Å². The van der Waals surface area contributed by atoms with Crippen molar-refractivity contribution in [1.82, 2.24) is 9.69 Å². The fraction of sp³-hybridized carbons (Fsp3) is 0.0606. The Morgan fingerprint density at radius 3 is 2.27 bits per heavy atom. The van der Waals surface area contributed by atoms with Gasteiger partial charge >= 0.3 is 5.97 Å². The van der Waals surface area contributed by atoms with Gasteiger partial charge in [0.25, 0.3) is 5.91 Å². The molecule has 0 bridgehead atoms. The highest BCUT2D eigenvalue weighted by Crippen LogP contribution is 2.34. The molecule has 2 N–H and O–H groups in total. The average Bonchev–Trinajstić information content (AvgIpc) is 3.38. The number of fused-ring (bicyclic) bond motifs is 2. The largest absolute Gasteiger partial charge is 0.478 e. The summed E-state index contributed by atoms with van der Waals surface area (Å²) in [7, 11) is 0. The van der Waals surface area contributed by atoms with Gasteiger partial charge in [-0.2, -0.15) is 4.37 Å². The third kappa shape index (κ3) is 5.19. The first-order valence-electron chi connectivity index (χ1n) is 12.7. The second-order valence-corrected chi connectivity index (χ2v) is 10.4. The van der Waals surface area contributed by atoms with Gasteiger partial charge in [0.05, 0.1) is 21.5 Å². The molecular formula is C33H23FN2O3S. The molecule has 1 heterocycles. The highest BCUT2D eigenvalue weighted by atomic mass is 32.1. The average molecular weight is 547 g/mol. The zero-order chi connectivity index (χ0) is 27.6. The van der Waals surface area contributed by atoms with E-state index in [4.69, 9.17) is 9.48 Å². The third-order valence-electron chi connectivity index (χ3n) is 6.91. The van der Waals surface area contributed by atoms with Gasteiger partial charge in [-0.05, 0) is 81.0 Å². The number of hydrogen-bond acceptors (Lipinski definition) is 4. The topological polar surface area (TPSA) is 79.3 Å². The van der Waals surface area contributed by atoms with E-state index in [0.29, 0.717) is 12.0 Å². The lowest BCUT2D eigenvalue weighted by molar-refractivity contribution is 0.0696. The van der Waals surface area contributed by atoms with Crippen LogP contribution in [0, 0.1) is 5.82 Å². The van der Waals surface area contributed by atoms with Crippen LogP contribution >= 0.6 is 11.5 Å². The van der Waals surface area contributed by atoms with E-state index in [9.17, 15) is 14.0 Å². The summed E-state index contributed by atoms with van der Waals surface area (Å²) in [6.07, 6.45) is 0.567. The van der Waals surface area contributed by atoms with Gasteiger partial charge in [-0.1, -0.05) is 66.7 Å². The molecule has 7 heteroatoms. The second-order valence-electron chi connectivity index (χ2n) is 9.58. The normalized spacial score (nSPS) is 11.1. The van der Waals surface area contributed by atoms with Crippen molar-refractivity contribution >= 4 is 44.3 Å². The van der Waals surface area contributed by atoms with Crippen molar-refractivity contribution in [3.8, 4) is 11.1 Å². The molecular weight excluding hydrogens is 523 g/mol. The lowest BCUT2D eigenvalue weighted by Gasteiger charge is -2.11. The lowest BCUT2D eigenvalue weighted by atomic mass is 9.96. The summed E-state index contributed by atoms with van der Waals surface area (Å²) in [6.45, 7) is 0.235. The van der Waals surface area contributed by atoms with E-state index < -0.39 is 5.97 Å². The number of carbonyl (C=O) groups excluding carboxylic acids is 1. The maximum atomic E-state index is 13.6. The Bertz CT molecular complexity index is 1880. The number of carbonyl (C=O) groups is 2. The predicted octanol–water partition coefficient (Wildman–Crippen LogP) is 7.47. The molecule has 0 spiro atoms. The summed E-state index contributed by atoms with van der Waals surface area (Å²) in [5, 5.41) is 15.2. The minimum Gasteiger partial charge on any atom is -0.478 e. The smallest absolute Gasteiger partial charge is 0.335 e. The molecule has 1 aromatic heterocycles. The van der Waals surface area contributed by atoms with Crippen LogP contribution in [0.5, 0.6) is 0 Å². The Labute approximate surface area is 233 Å². The van der Waals surface area contributed by atoms with Crippen LogP contribution in [0.1, 0.15) is 37.5 Å². The number of nitrogens with zero attached hydrogens (tertiary/aromatic N) is 1. The Kier molecular flexibility index (Phi) is 6.80. The lowest BCUT2D eigenvalue weighted by Crippen LogP contribution is -2.23. The summed E-state index contributed by atoms with van der Waals surface area (Å²) in [4.78, 5) is 24.8. The van der Waals surface area contributed by atoms with E-state index in [1.54, 1.807) is 24.3 Å². The highest BCUT2D eigenvalue weighted by molar-refractivity contribution is 7.13. The summed E-state index contributed by atoms with van der Waals surface area (Å²) in [5.41, 5.74) is 4.96. The van der Waals surface area contributed by atoms with Crippen LogP contribution in [0.2, 0.25) is 0 Å². The number of amides is 1. The van der Waals surface area contributed by atoms with Gasteiger partial charge in [0.2, 0.25) is 0 Å². The van der Waals surface area contributed by atoms with Crippen molar-refractivity contribution in [2.24, 2.45) is 0 Å². The van der Waals surface area contributed by atoms with Crippen LogP contribution < -0.4 is 5.32 Å². The molecule has 0 saturated carbocycles. The Balaban J connectivity index is 1.37. The Morgan fingerprint density at radius 2 is 1.52 bits per heavy atom. The van der Waals surface area contributed by atoms with Crippen LogP contribution in [-0.2, 0) is 13.0 Å².